The van der Waals surface area contributed by atoms with Crippen LogP contribution < -0.4 is 5.32 Å². The van der Waals surface area contributed by atoms with Crippen LogP contribution in [0.25, 0.3) is 11.6 Å². The van der Waals surface area contributed by atoms with E-state index in [4.69, 9.17) is 4.52 Å². The molecule has 16 heavy (non-hydrogen) atoms. The molecule has 0 aliphatic carbocycles. The summed E-state index contributed by atoms with van der Waals surface area (Å²) in [6, 6.07) is 1.76. The normalized spacial score (nSPS) is 20.1. The lowest BCUT2D eigenvalue weighted by atomic mass is 10.1. The van der Waals surface area contributed by atoms with Crippen LogP contribution in [0, 0.1) is 0 Å². The topological polar surface area (TPSA) is 76.7 Å². The zero-order chi connectivity index (χ0) is 10.8. The van der Waals surface area contributed by atoms with E-state index in [-0.39, 0.29) is 0 Å². The Hall–Kier alpha value is -1.82. The van der Waals surface area contributed by atoms with Crippen molar-refractivity contribution in [2.75, 3.05) is 13.1 Å². The first-order chi connectivity index (χ1) is 7.93. The zero-order valence-electron chi connectivity index (χ0n) is 8.63. The van der Waals surface area contributed by atoms with E-state index in [0.29, 0.717) is 23.5 Å². The molecule has 1 N–H and O–H groups in total. The summed E-state index contributed by atoms with van der Waals surface area (Å²) in [7, 11) is 0. The van der Waals surface area contributed by atoms with Crippen LogP contribution in [0.1, 0.15) is 18.2 Å². The molecule has 0 amide bonds. The zero-order valence-corrected chi connectivity index (χ0v) is 8.63. The molecule has 0 radical (unpaired) electrons. The Morgan fingerprint density at radius 3 is 2.88 bits per heavy atom. The molecule has 82 valence electrons. The van der Waals surface area contributed by atoms with Crippen LogP contribution in [0.3, 0.4) is 0 Å². The van der Waals surface area contributed by atoms with Crippen molar-refractivity contribution in [3.8, 4) is 11.6 Å². The summed E-state index contributed by atoms with van der Waals surface area (Å²) in [6.45, 7) is 1.90. The monoisotopic (exact) mass is 217 g/mol. The van der Waals surface area contributed by atoms with E-state index < -0.39 is 0 Å². The van der Waals surface area contributed by atoms with Gasteiger partial charge in [-0.2, -0.15) is 4.98 Å². The molecule has 0 spiro atoms. The number of nitrogens with zero attached hydrogens (tertiary/aromatic N) is 4. The first kappa shape index (κ1) is 9.41. The predicted octanol–water partition coefficient (Wildman–Crippen LogP) is 0.603. The van der Waals surface area contributed by atoms with Gasteiger partial charge in [-0.25, -0.2) is 9.97 Å². The van der Waals surface area contributed by atoms with Gasteiger partial charge < -0.3 is 9.84 Å². The Labute approximate surface area is 92.1 Å². The molecule has 0 bridgehead atoms. The van der Waals surface area contributed by atoms with Crippen molar-refractivity contribution in [2.45, 2.75) is 12.3 Å². The minimum absolute atomic E-state index is 0.324. The van der Waals surface area contributed by atoms with Crippen molar-refractivity contribution in [2.24, 2.45) is 0 Å². The van der Waals surface area contributed by atoms with E-state index >= 15 is 0 Å². The minimum Gasteiger partial charge on any atom is -0.339 e. The van der Waals surface area contributed by atoms with Gasteiger partial charge in [-0.15, -0.1) is 0 Å². The van der Waals surface area contributed by atoms with Crippen LogP contribution >= 0.6 is 0 Å². The van der Waals surface area contributed by atoms with Gasteiger partial charge in [0.05, 0.1) is 5.92 Å². The molecule has 1 aliphatic heterocycles. The predicted molar refractivity (Wildman–Crippen MR) is 55.6 cm³/mol. The van der Waals surface area contributed by atoms with Gasteiger partial charge in [0.2, 0.25) is 17.5 Å². The molecule has 2 aromatic heterocycles. The molecule has 3 heterocycles. The molecule has 6 heteroatoms. The Kier molecular flexibility index (Phi) is 2.34. The smallest absolute Gasteiger partial charge is 0.240 e. The quantitative estimate of drug-likeness (QED) is 0.793. The maximum atomic E-state index is 5.22. The second-order valence-corrected chi connectivity index (χ2v) is 3.72. The summed E-state index contributed by atoms with van der Waals surface area (Å²) in [5.74, 6) is 1.96. The summed E-state index contributed by atoms with van der Waals surface area (Å²) in [6.07, 6.45) is 4.36. The summed E-state index contributed by atoms with van der Waals surface area (Å²) < 4.78 is 5.22. The Balaban J connectivity index is 1.87. The lowest BCUT2D eigenvalue weighted by Gasteiger charge is -1.98. The second-order valence-electron chi connectivity index (χ2n) is 3.72. The molecule has 1 unspecified atom stereocenters. The molecule has 0 aromatic carbocycles. The maximum absolute atomic E-state index is 5.22. The number of aromatic nitrogens is 4. The fourth-order valence-electron chi connectivity index (χ4n) is 1.77. The van der Waals surface area contributed by atoms with Crippen molar-refractivity contribution in [3.05, 3.63) is 24.4 Å². The Morgan fingerprint density at radius 1 is 1.25 bits per heavy atom. The van der Waals surface area contributed by atoms with Crippen molar-refractivity contribution < 1.29 is 4.52 Å². The molecule has 2 aromatic rings. The van der Waals surface area contributed by atoms with Gasteiger partial charge in [0.1, 0.15) is 0 Å². The van der Waals surface area contributed by atoms with Crippen molar-refractivity contribution in [1.82, 2.24) is 25.4 Å². The largest absolute Gasteiger partial charge is 0.339 e. The molecule has 1 aliphatic rings. The van der Waals surface area contributed by atoms with Gasteiger partial charge in [-0.1, -0.05) is 5.16 Å². The number of nitrogens with one attached hydrogen (secondary N) is 1. The standard InChI is InChI=1S/C10H11N5O/c1-3-12-8(13-4-1)9-14-10(16-15-9)7-2-5-11-6-7/h1,3-4,7,11H,2,5-6H2. The van der Waals surface area contributed by atoms with Gasteiger partial charge in [-0.3, -0.25) is 0 Å². The van der Waals surface area contributed by atoms with E-state index in [9.17, 15) is 0 Å². The third kappa shape index (κ3) is 1.67. The van der Waals surface area contributed by atoms with Gasteiger partial charge in [0.25, 0.3) is 0 Å². The Morgan fingerprint density at radius 2 is 2.12 bits per heavy atom. The second kappa shape index (κ2) is 3.97. The third-order valence-corrected chi connectivity index (χ3v) is 2.62. The van der Waals surface area contributed by atoms with E-state index in [0.717, 1.165) is 19.5 Å². The molecule has 6 nitrogen and oxygen atoms in total. The van der Waals surface area contributed by atoms with Gasteiger partial charge in [-0.05, 0) is 19.0 Å². The lowest BCUT2D eigenvalue weighted by Crippen LogP contribution is -2.08. The highest BCUT2D eigenvalue weighted by Crippen LogP contribution is 2.22. The molecule has 1 atom stereocenters. The van der Waals surface area contributed by atoms with E-state index in [2.05, 4.69) is 25.4 Å². The van der Waals surface area contributed by atoms with E-state index in [1.807, 2.05) is 0 Å². The van der Waals surface area contributed by atoms with Gasteiger partial charge >= 0.3 is 0 Å². The van der Waals surface area contributed by atoms with Crippen molar-refractivity contribution >= 4 is 0 Å². The number of hydrogen-bond acceptors (Lipinski definition) is 6. The van der Waals surface area contributed by atoms with Crippen LogP contribution in [-0.2, 0) is 0 Å². The van der Waals surface area contributed by atoms with Crippen LogP contribution in [-0.4, -0.2) is 33.2 Å². The van der Waals surface area contributed by atoms with Gasteiger partial charge in [0, 0.05) is 18.9 Å². The first-order valence-corrected chi connectivity index (χ1v) is 5.25. The van der Waals surface area contributed by atoms with Crippen LogP contribution in [0.2, 0.25) is 0 Å². The molecule has 1 fully saturated rings. The summed E-state index contributed by atoms with van der Waals surface area (Å²) in [5.41, 5.74) is 0. The molecule has 1 saturated heterocycles. The highest BCUT2D eigenvalue weighted by molar-refractivity contribution is 5.40. The average Bonchev–Trinajstić information content (AvgIpc) is 3.01. The highest BCUT2D eigenvalue weighted by Gasteiger charge is 2.23. The number of rotatable bonds is 2. The molecular formula is C10H11N5O. The fraction of sp³-hybridized carbons (Fsp3) is 0.400. The third-order valence-electron chi connectivity index (χ3n) is 2.62. The fourth-order valence-corrected chi connectivity index (χ4v) is 1.77. The number of hydrogen-bond donors (Lipinski definition) is 1. The highest BCUT2D eigenvalue weighted by atomic mass is 16.5. The van der Waals surface area contributed by atoms with Crippen molar-refractivity contribution in [1.29, 1.82) is 0 Å². The molecule has 0 saturated carbocycles. The average molecular weight is 217 g/mol. The SMILES string of the molecule is c1cnc(-c2noc(C3CCNC3)n2)nc1. The van der Waals surface area contributed by atoms with E-state index in [1.165, 1.54) is 0 Å². The first-order valence-electron chi connectivity index (χ1n) is 5.25. The summed E-state index contributed by atoms with van der Waals surface area (Å²) >= 11 is 0. The van der Waals surface area contributed by atoms with Crippen LogP contribution in [0.5, 0.6) is 0 Å². The van der Waals surface area contributed by atoms with Crippen LogP contribution in [0.15, 0.2) is 23.0 Å². The maximum Gasteiger partial charge on any atom is 0.240 e. The Bertz CT molecular complexity index is 463. The lowest BCUT2D eigenvalue weighted by molar-refractivity contribution is 0.359. The van der Waals surface area contributed by atoms with Gasteiger partial charge in [0.15, 0.2) is 0 Å². The van der Waals surface area contributed by atoms with Crippen LogP contribution in [0.4, 0.5) is 0 Å². The van der Waals surface area contributed by atoms with Crippen molar-refractivity contribution in [3.63, 3.8) is 0 Å². The van der Waals surface area contributed by atoms with E-state index in [1.54, 1.807) is 18.5 Å². The summed E-state index contributed by atoms with van der Waals surface area (Å²) in [4.78, 5) is 12.5. The molecule has 3 rings (SSSR count). The summed E-state index contributed by atoms with van der Waals surface area (Å²) in [5, 5.41) is 7.15. The minimum atomic E-state index is 0.324. The molecular weight excluding hydrogens is 206 g/mol.